The zero-order valence-corrected chi connectivity index (χ0v) is 14.5. The zero-order chi connectivity index (χ0) is 17.4. The summed E-state index contributed by atoms with van der Waals surface area (Å²) in [6.45, 7) is 2.98. The second-order valence-corrected chi connectivity index (χ2v) is 7.11. The Morgan fingerprint density at radius 2 is 2.04 bits per heavy atom. The summed E-state index contributed by atoms with van der Waals surface area (Å²) >= 11 is 0. The van der Waals surface area contributed by atoms with Gasteiger partial charge in [-0.25, -0.2) is 4.79 Å². The summed E-state index contributed by atoms with van der Waals surface area (Å²) in [5.74, 6) is 0.860. The van der Waals surface area contributed by atoms with Crippen LogP contribution in [-0.4, -0.2) is 25.8 Å². The first kappa shape index (κ1) is 16.0. The molecule has 4 rings (SSSR count). The van der Waals surface area contributed by atoms with E-state index in [-0.39, 0.29) is 11.8 Å². The van der Waals surface area contributed by atoms with E-state index < -0.39 is 0 Å². The molecule has 25 heavy (non-hydrogen) atoms. The molecule has 0 atom stereocenters. The standard InChI is InChI=1S/C19H24N4O2/c1-13-10-18(21-23(13)15-7-3-2-4-8-15)20-19(25)22-11-14-6-5-9-17(24)16(14)12-22/h5-6,9-10,15,24H,2-4,7-8,11-12H2,1H3,(H,20,21,25). The van der Waals surface area contributed by atoms with Gasteiger partial charge in [-0.1, -0.05) is 31.4 Å². The molecule has 1 aliphatic carbocycles. The topological polar surface area (TPSA) is 70.4 Å². The third kappa shape index (κ3) is 3.08. The molecular formula is C19H24N4O2. The van der Waals surface area contributed by atoms with Crippen LogP contribution in [0.3, 0.4) is 0 Å². The fraction of sp³-hybridized carbons (Fsp3) is 0.474. The first-order valence-electron chi connectivity index (χ1n) is 9.03. The number of hydrogen-bond acceptors (Lipinski definition) is 3. The van der Waals surface area contributed by atoms with Gasteiger partial charge in [0.05, 0.1) is 12.6 Å². The van der Waals surface area contributed by atoms with Gasteiger partial charge in [-0.15, -0.1) is 0 Å². The molecule has 6 nitrogen and oxygen atoms in total. The maximum atomic E-state index is 12.6. The Balaban J connectivity index is 1.44. The lowest BCUT2D eigenvalue weighted by Gasteiger charge is -2.23. The second-order valence-electron chi connectivity index (χ2n) is 7.11. The molecule has 2 aliphatic rings. The molecule has 1 aliphatic heterocycles. The number of nitrogens with one attached hydrogen (secondary N) is 1. The Morgan fingerprint density at radius 1 is 1.24 bits per heavy atom. The summed E-state index contributed by atoms with van der Waals surface area (Å²) in [6.07, 6.45) is 6.14. The first-order valence-corrected chi connectivity index (χ1v) is 9.03. The molecule has 0 unspecified atom stereocenters. The maximum Gasteiger partial charge on any atom is 0.323 e. The minimum atomic E-state index is -0.177. The van der Waals surface area contributed by atoms with Gasteiger partial charge in [0, 0.05) is 23.9 Å². The molecule has 2 heterocycles. The van der Waals surface area contributed by atoms with Crippen molar-refractivity contribution in [3.8, 4) is 5.75 Å². The Bertz CT molecular complexity index is 793. The van der Waals surface area contributed by atoms with Crippen molar-refractivity contribution in [3.63, 3.8) is 0 Å². The van der Waals surface area contributed by atoms with Gasteiger partial charge in [0.1, 0.15) is 5.75 Å². The number of phenols is 1. The normalized spacial score (nSPS) is 17.6. The molecule has 1 aromatic heterocycles. The fourth-order valence-corrected chi connectivity index (χ4v) is 3.98. The van der Waals surface area contributed by atoms with Crippen molar-refractivity contribution in [2.75, 3.05) is 5.32 Å². The number of nitrogens with zero attached hydrogens (tertiary/aromatic N) is 3. The second kappa shape index (κ2) is 6.43. The number of amides is 2. The van der Waals surface area contributed by atoms with Crippen molar-refractivity contribution in [1.82, 2.24) is 14.7 Å². The summed E-state index contributed by atoms with van der Waals surface area (Å²) in [5, 5.41) is 17.5. The van der Waals surface area contributed by atoms with Crippen molar-refractivity contribution >= 4 is 11.8 Å². The van der Waals surface area contributed by atoms with E-state index in [9.17, 15) is 9.90 Å². The fourth-order valence-electron chi connectivity index (χ4n) is 3.98. The van der Waals surface area contributed by atoms with Gasteiger partial charge in [-0.3, -0.25) is 10.00 Å². The van der Waals surface area contributed by atoms with Gasteiger partial charge in [0.15, 0.2) is 5.82 Å². The van der Waals surface area contributed by atoms with E-state index in [2.05, 4.69) is 15.1 Å². The Kier molecular flexibility index (Phi) is 4.11. The number of hydrogen-bond donors (Lipinski definition) is 2. The number of rotatable bonds is 2. The smallest absolute Gasteiger partial charge is 0.323 e. The number of aromatic nitrogens is 2. The van der Waals surface area contributed by atoms with Gasteiger partial charge < -0.3 is 10.0 Å². The number of urea groups is 1. The Morgan fingerprint density at radius 3 is 2.80 bits per heavy atom. The van der Waals surface area contributed by atoms with Crippen LogP contribution in [0, 0.1) is 6.92 Å². The van der Waals surface area contributed by atoms with Gasteiger partial charge in [-0.05, 0) is 31.4 Å². The number of aromatic hydroxyl groups is 1. The number of anilines is 1. The average Bonchev–Trinajstić information content (AvgIpc) is 3.20. The Labute approximate surface area is 147 Å². The molecule has 1 saturated carbocycles. The van der Waals surface area contributed by atoms with Crippen LogP contribution >= 0.6 is 0 Å². The van der Waals surface area contributed by atoms with Crippen molar-refractivity contribution in [2.45, 2.75) is 58.2 Å². The highest BCUT2D eigenvalue weighted by Crippen LogP contribution is 2.31. The van der Waals surface area contributed by atoms with Crippen LogP contribution in [0.25, 0.3) is 0 Å². The van der Waals surface area contributed by atoms with Gasteiger partial charge in [0.25, 0.3) is 0 Å². The zero-order valence-electron chi connectivity index (χ0n) is 14.5. The number of carbonyl (C=O) groups is 1. The van der Waals surface area contributed by atoms with Crippen molar-refractivity contribution in [1.29, 1.82) is 0 Å². The SMILES string of the molecule is Cc1cc(NC(=O)N2Cc3cccc(O)c3C2)nn1C1CCCCC1. The van der Waals surface area contributed by atoms with E-state index in [1.54, 1.807) is 11.0 Å². The molecule has 0 bridgehead atoms. The van der Waals surface area contributed by atoms with Gasteiger partial charge in [-0.2, -0.15) is 5.10 Å². The minimum Gasteiger partial charge on any atom is -0.508 e. The lowest BCUT2D eigenvalue weighted by atomic mass is 9.95. The largest absolute Gasteiger partial charge is 0.508 e. The lowest BCUT2D eigenvalue weighted by molar-refractivity contribution is 0.212. The molecule has 132 valence electrons. The molecule has 1 aromatic carbocycles. The third-order valence-corrected chi connectivity index (χ3v) is 5.32. The molecular weight excluding hydrogens is 316 g/mol. The average molecular weight is 340 g/mol. The summed E-state index contributed by atoms with van der Waals surface area (Å²) in [6, 6.07) is 7.63. The number of benzene rings is 1. The molecule has 6 heteroatoms. The molecule has 0 spiro atoms. The van der Waals surface area contributed by atoms with E-state index in [0.29, 0.717) is 24.9 Å². The molecule has 2 amide bonds. The van der Waals surface area contributed by atoms with Crippen LogP contribution in [0.4, 0.5) is 10.6 Å². The molecule has 0 saturated heterocycles. The summed E-state index contributed by atoms with van der Waals surface area (Å²) in [5.41, 5.74) is 2.92. The first-order chi connectivity index (χ1) is 12.1. The van der Waals surface area contributed by atoms with E-state index in [0.717, 1.165) is 29.7 Å². The van der Waals surface area contributed by atoms with Crippen LogP contribution in [-0.2, 0) is 13.1 Å². The van der Waals surface area contributed by atoms with Crippen LogP contribution < -0.4 is 5.32 Å². The molecule has 2 aromatic rings. The quantitative estimate of drug-likeness (QED) is 0.869. The van der Waals surface area contributed by atoms with Crippen molar-refractivity contribution in [2.24, 2.45) is 0 Å². The highest BCUT2D eigenvalue weighted by molar-refractivity contribution is 5.88. The highest BCUT2D eigenvalue weighted by Gasteiger charge is 2.26. The van der Waals surface area contributed by atoms with Crippen LogP contribution in [0.2, 0.25) is 0 Å². The van der Waals surface area contributed by atoms with E-state index in [1.807, 2.05) is 25.1 Å². The maximum absolute atomic E-state index is 12.6. The Hall–Kier alpha value is -2.50. The van der Waals surface area contributed by atoms with Gasteiger partial charge >= 0.3 is 6.03 Å². The van der Waals surface area contributed by atoms with Crippen molar-refractivity contribution in [3.05, 3.63) is 41.1 Å². The molecule has 2 N–H and O–H groups in total. The highest BCUT2D eigenvalue weighted by atomic mass is 16.3. The molecule has 0 radical (unpaired) electrons. The van der Waals surface area contributed by atoms with Crippen LogP contribution in [0.5, 0.6) is 5.75 Å². The van der Waals surface area contributed by atoms with E-state index in [1.165, 1.54) is 19.3 Å². The van der Waals surface area contributed by atoms with Crippen LogP contribution in [0.1, 0.15) is 55.0 Å². The summed E-state index contributed by atoms with van der Waals surface area (Å²) in [4.78, 5) is 14.3. The number of carbonyl (C=O) groups excluding carboxylic acids is 1. The minimum absolute atomic E-state index is 0.177. The monoisotopic (exact) mass is 340 g/mol. The summed E-state index contributed by atoms with van der Waals surface area (Å²) in [7, 11) is 0. The number of phenolic OH excluding ortho intramolecular Hbond substituents is 1. The van der Waals surface area contributed by atoms with Gasteiger partial charge in [0.2, 0.25) is 0 Å². The number of aryl methyl sites for hydroxylation is 1. The van der Waals surface area contributed by atoms with Crippen LogP contribution in [0.15, 0.2) is 24.3 Å². The third-order valence-electron chi connectivity index (χ3n) is 5.32. The molecule has 1 fully saturated rings. The summed E-state index contributed by atoms with van der Waals surface area (Å²) < 4.78 is 2.07. The predicted molar refractivity (Wildman–Crippen MR) is 95.5 cm³/mol. The predicted octanol–water partition coefficient (Wildman–Crippen LogP) is 3.95. The van der Waals surface area contributed by atoms with E-state index in [4.69, 9.17) is 0 Å². The lowest BCUT2D eigenvalue weighted by Crippen LogP contribution is -2.30. The van der Waals surface area contributed by atoms with Crippen molar-refractivity contribution < 1.29 is 9.90 Å². The van der Waals surface area contributed by atoms with E-state index >= 15 is 0 Å². The number of fused-ring (bicyclic) bond motifs is 1.